The lowest BCUT2D eigenvalue weighted by atomic mass is 10.2. The van der Waals surface area contributed by atoms with Gasteiger partial charge < -0.3 is 15.1 Å². The molecule has 0 bridgehead atoms. The number of carboxylic acid groups (broad SMARTS) is 1. The summed E-state index contributed by atoms with van der Waals surface area (Å²) in [5.74, 6) is -0.952. The van der Waals surface area contributed by atoms with Crippen LogP contribution in [0.2, 0.25) is 0 Å². The molecule has 1 aromatic carbocycles. The standard InChI is InChI=1S/C11H9BrN2O3S/c12-7-1-5(10(16)17)2-8-9(7)13-11(18-8)14-3-6(15)4-14/h1-2,6,15H,3-4H2,(H,16,17). The third kappa shape index (κ3) is 1.88. The van der Waals surface area contributed by atoms with E-state index in [9.17, 15) is 9.90 Å². The van der Waals surface area contributed by atoms with E-state index in [1.165, 1.54) is 11.3 Å². The van der Waals surface area contributed by atoms with E-state index in [0.29, 0.717) is 17.6 Å². The van der Waals surface area contributed by atoms with Gasteiger partial charge in [0.15, 0.2) is 5.13 Å². The highest BCUT2D eigenvalue weighted by molar-refractivity contribution is 9.10. The number of benzene rings is 1. The molecule has 1 fully saturated rings. The Hall–Kier alpha value is -1.18. The highest BCUT2D eigenvalue weighted by atomic mass is 79.9. The minimum absolute atomic E-state index is 0.244. The molecule has 2 aromatic rings. The van der Waals surface area contributed by atoms with Gasteiger partial charge in [0.05, 0.1) is 21.9 Å². The predicted molar refractivity (Wildman–Crippen MR) is 72.5 cm³/mol. The van der Waals surface area contributed by atoms with Crippen molar-refractivity contribution in [3.05, 3.63) is 22.2 Å². The van der Waals surface area contributed by atoms with E-state index in [1.54, 1.807) is 12.1 Å². The van der Waals surface area contributed by atoms with Crippen LogP contribution in [0.5, 0.6) is 0 Å². The number of β-amino-alcohol motifs (C(OH)–C–C–N with tert-alkyl or cyclic N) is 1. The molecule has 0 atom stereocenters. The largest absolute Gasteiger partial charge is 0.478 e. The Morgan fingerprint density at radius 2 is 2.22 bits per heavy atom. The quantitative estimate of drug-likeness (QED) is 0.881. The van der Waals surface area contributed by atoms with E-state index in [2.05, 4.69) is 20.9 Å². The van der Waals surface area contributed by atoms with Gasteiger partial charge in [-0.3, -0.25) is 0 Å². The van der Waals surface area contributed by atoms with Gasteiger partial charge >= 0.3 is 5.97 Å². The molecule has 94 valence electrons. The van der Waals surface area contributed by atoms with Crippen LogP contribution in [-0.4, -0.2) is 40.4 Å². The van der Waals surface area contributed by atoms with Crippen LogP contribution < -0.4 is 4.90 Å². The Balaban J connectivity index is 2.06. The molecule has 0 saturated carbocycles. The van der Waals surface area contributed by atoms with Crippen LogP contribution in [0.1, 0.15) is 10.4 Å². The fraction of sp³-hybridized carbons (Fsp3) is 0.273. The molecule has 0 amide bonds. The van der Waals surface area contributed by atoms with Gasteiger partial charge in [-0.15, -0.1) is 0 Å². The first-order chi connectivity index (χ1) is 8.54. The van der Waals surface area contributed by atoms with E-state index in [1.807, 2.05) is 4.90 Å². The molecule has 1 saturated heterocycles. The summed E-state index contributed by atoms with van der Waals surface area (Å²) in [6.07, 6.45) is -0.282. The molecule has 0 spiro atoms. The van der Waals surface area contributed by atoms with Crippen LogP contribution in [0.3, 0.4) is 0 Å². The van der Waals surface area contributed by atoms with Crippen molar-refractivity contribution >= 4 is 48.6 Å². The maximum atomic E-state index is 11.0. The molecule has 1 aromatic heterocycles. The summed E-state index contributed by atoms with van der Waals surface area (Å²) in [5.41, 5.74) is 1.01. The molecule has 18 heavy (non-hydrogen) atoms. The highest BCUT2D eigenvalue weighted by Crippen LogP contribution is 2.35. The Kier molecular flexibility index (Phi) is 2.76. The minimum Gasteiger partial charge on any atom is -0.478 e. The normalized spacial score (nSPS) is 16.0. The summed E-state index contributed by atoms with van der Waals surface area (Å²) in [6.45, 7) is 1.17. The monoisotopic (exact) mass is 328 g/mol. The fourth-order valence-corrected chi connectivity index (χ4v) is 3.58. The minimum atomic E-state index is -0.952. The smallest absolute Gasteiger partial charge is 0.335 e. The number of aliphatic hydroxyl groups is 1. The number of hydrogen-bond acceptors (Lipinski definition) is 5. The number of hydrogen-bond donors (Lipinski definition) is 2. The maximum Gasteiger partial charge on any atom is 0.335 e. The number of fused-ring (bicyclic) bond motifs is 1. The zero-order valence-electron chi connectivity index (χ0n) is 9.13. The second-order valence-corrected chi connectivity index (χ2v) is 6.03. The second-order valence-electron chi connectivity index (χ2n) is 4.17. The Morgan fingerprint density at radius 1 is 1.50 bits per heavy atom. The first-order valence-electron chi connectivity index (χ1n) is 5.31. The van der Waals surface area contributed by atoms with Gasteiger partial charge in [-0.1, -0.05) is 11.3 Å². The SMILES string of the molecule is O=C(O)c1cc(Br)c2nc(N3CC(O)C3)sc2c1. The third-order valence-corrected chi connectivity index (χ3v) is 4.48. The number of aromatic nitrogens is 1. The second kappa shape index (κ2) is 4.18. The zero-order chi connectivity index (χ0) is 12.9. The first-order valence-corrected chi connectivity index (χ1v) is 6.92. The number of anilines is 1. The number of thiazole rings is 1. The number of carbonyl (C=O) groups is 1. The van der Waals surface area contributed by atoms with Crippen LogP contribution in [0.25, 0.3) is 10.2 Å². The molecule has 1 aliphatic rings. The number of nitrogens with zero attached hydrogens (tertiary/aromatic N) is 2. The van der Waals surface area contributed by atoms with Crippen LogP contribution in [0.15, 0.2) is 16.6 Å². The van der Waals surface area contributed by atoms with Crippen molar-refractivity contribution in [2.45, 2.75) is 6.10 Å². The van der Waals surface area contributed by atoms with E-state index < -0.39 is 5.97 Å². The van der Waals surface area contributed by atoms with Gasteiger partial charge in [0, 0.05) is 17.6 Å². The summed E-state index contributed by atoms with van der Waals surface area (Å²) in [7, 11) is 0. The topological polar surface area (TPSA) is 73.7 Å². The van der Waals surface area contributed by atoms with Gasteiger partial charge in [0.25, 0.3) is 0 Å². The van der Waals surface area contributed by atoms with Gasteiger partial charge in [-0.25, -0.2) is 9.78 Å². The summed E-state index contributed by atoms with van der Waals surface area (Å²) in [6, 6.07) is 3.18. The van der Waals surface area contributed by atoms with Crippen LogP contribution in [-0.2, 0) is 0 Å². The summed E-state index contributed by atoms with van der Waals surface area (Å²) in [4.78, 5) is 17.4. The number of carboxylic acids is 1. The molecule has 0 radical (unpaired) electrons. The van der Waals surface area contributed by atoms with E-state index in [0.717, 1.165) is 15.3 Å². The van der Waals surface area contributed by atoms with Crippen molar-refractivity contribution in [2.24, 2.45) is 0 Å². The van der Waals surface area contributed by atoms with Crippen LogP contribution >= 0.6 is 27.3 Å². The number of aliphatic hydroxyl groups excluding tert-OH is 1. The zero-order valence-corrected chi connectivity index (χ0v) is 11.5. The van der Waals surface area contributed by atoms with Crippen molar-refractivity contribution in [3.63, 3.8) is 0 Å². The number of rotatable bonds is 2. The van der Waals surface area contributed by atoms with Gasteiger partial charge in [-0.2, -0.15) is 0 Å². The van der Waals surface area contributed by atoms with E-state index in [-0.39, 0.29) is 11.7 Å². The van der Waals surface area contributed by atoms with Gasteiger partial charge in [0.1, 0.15) is 0 Å². The predicted octanol–water partition coefficient (Wildman–Crippen LogP) is 1.94. The summed E-state index contributed by atoms with van der Waals surface area (Å²) in [5, 5.41) is 19.1. The van der Waals surface area contributed by atoms with E-state index >= 15 is 0 Å². The van der Waals surface area contributed by atoms with Crippen LogP contribution in [0.4, 0.5) is 5.13 Å². The molecular formula is C11H9BrN2O3S. The third-order valence-electron chi connectivity index (χ3n) is 2.82. The molecule has 7 heteroatoms. The Labute approximate surface area is 115 Å². The Bertz CT molecular complexity index is 636. The lowest BCUT2D eigenvalue weighted by Gasteiger charge is -2.35. The number of halogens is 1. The molecule has 5 nitrogen and oxygen atoms in total. The average Bonchev–Trinajstić information content (AvgIpc) is 2.68. The van der Waals surface area contributed by atoms with Crippen molar-refractivity contribution in [2.75, 3.05) is 18.0 Å². The van der Waals surface area contributed by atoms with Crippen molar-refractivity contribution < 1.29 is 15.0 Å². The Morgan fingerprint density at radius 3 is 2.83 bits per heavy atom. The molecule has 2 N–H and O–H groups in total. The van der Waals surface area contributed by atoms with Crippen molar-refractivity contribution in [1.82, 2.24) is 4.98 Å². The lowest BCUT2D eigenvalue weighted by molar-refractivity contribution is 0.0697. The molecular weight excluding hydrogens is 320 g/mol. The summed E-state index contributed by atoms with van der Waals surface area (Å²) >= 11 is 4.78. The lowest BCUT2D eigenvalue weighted by Crippen LogP contribution is -2.50. The van der Waals surface area contributed by atoms with Gasteiger partial charge in [-0.05, 0) is 28.1 Å². The van der Waals surface area contributed by atoms with Gasteiger partial charge in [0.2, 0.25) is 0 Å². The molecule has 1 aliphatic heterocycles. The van der Waals surface area contributed by atoms with Crippen molar-refractivity contribution in [1.29, 1.82) is 0 Å². The fourth-order valence-electron chi connectivity index (χ4n) is 1.85. The highest BCUT2D eigenvalue weighted by Gasteiger charge is 2.27. The first kappa shape index (κ1) is 11.9. The number of aromatic carboxylic acids is 1. The maximum absolute atomic E-state index is 11.0. The summed E-state index contributed by atoms with van der Waals surface area (Å²) < 4.78 is 1.51. The molecule has 0 aliphatic carbocycles. The van der Waals surface area contributed by atoms with Crippen molar-refractivity contribution in [3.8, 4) is 0 Å². The van der Waals surface area contributed by atoms with E-state index in [4.69, 9.17) is 5.11 Å². The molecule has 3 rings (SSSR count). The van der Waals surface area contributed by atoms with Crippen LogP contribution in [0, 0.1) is 0 Å². The molecule has 0 unspecified atom stereocenters. The molecule has 2 heterocycles. The average molecular weight is 329 g/mol.